The molecule has 0 aliphatic rings. The highest BCUT2D eigenvalue weighted by atomic mass is 127. The van der Waals surface area contributed by atoms with Gasteiger partial charge in [0.2, 0.25) is 0 Å². The molecule has 0 aliphatic carbocycles. The minimum atomic E-state index is -0.777. The fourth-order valence-corrected chi connectivity index (χ4v) is 2.21. The summed E-state index contributed by atoms with van der Waals surface area (Å²) in [6, 6.07) is 7.43. The molecule has 0 aliphatic heterocycles. The first-order valence-electron chi connectivity index (χ1n) is 6.48. The predicted molar refractivity (Wildman–Crippen MR) is 90.9 cm³/mol. The maximum absolute atomic E-state index is 10.9. The number of benzene rings is 1. The van der Waals surface area contributed by atoms with Crippen LogP contribution in [0.2, 0.25) is 0 Å². The molecule has 0 radical (unpaired) electrons. The quantitative estimate of drug-likeness (QED) is 0.482. The van der Waals surface area contributed by atoms with Gasteiger partial charge < -0.3 is 15.2 Å². The van der Waals surface area contributed by atoms with Gasteiger partial charge in [-0.3, -0.25) is 4.79 Å². The van der Waals surface area contributed by atoms with Crippen LogP contribution in [0, 0.1) is 3.57 Å². The summed E-state index contributed by atoms with van der Waals surface area (Å²) in [6.45, 7) is 3.23. The van der Waals surface area contributed by atoms with Crippen LogP contribution in [0.1, 0.15) is 26.2 Å². The van der Waals surface area contributed by atoms with E-state index in [0.717, 1.165) is 22.2 Å². The van der Waals surface area contributed by atoms with Crippen LogP contribution in [0.25, 0.3) is 0 Å². The van der Waals surface area contributed by atoms with Gasteiger partial charge in [0.05, 0.1) is 6.61 Å². The topological polar surface area (TPSA) is 58.6 Å². The molecule has 1 aromatic rings. The van der Waals surface area contributed by atoms with Crippen molar-refractivity contribution in [2.75, 3.05) is 13.2 Å². The number of carboxylic acids is 1. The zero-order valence-electron chi connectivity index (χ0n) is 11.5. The van der Waals surface area contributed by atoms with E-state index in [-0.39, 0.29) is 12.4 Å². The SMILES string of the molecule is CCCC(NCCCOc1cccc(I)c1)C(=O)O.Cl. The predicted octanol–water partition coefficient (Wildman–Crippen LogP) is 3.32. The number of nitrogens with one attached hydrogen (secondary N) is 1. The lowest BCUT2D eigenvalue weighted by atomic mass is 10.1. The fraction of sp³-hybridized carbons (Fsp3) is 0.500. The van der Waals surface area contributed by atoms with Crippen LogP contribution in [-0.4, -0.2) is 30.3 Å². The van der Waals surface area contributed by atoms with Crippen molar-refractivity contribution in [1.82, 2.24) is 5.32 Å². The van der Waals surface area contributed by atoms with Crippen LogP contribution >= 0.6 is 35.0 Å². The van der Waals surface area contributed by atoms with E-state index in [4.69, 9.17) is 9.84 Å². The third kappa shape index (κ3) is 7.91. The molecule has 0 heterocycles. The summed E-state index contributed by atoms with van der Waals surface area (Å²) >= 11 is 2.24. The number of carboxylic acid groups (broad SMARTS) is 1. The van der Waals surface area contributed by atoms with Crippen LogP contribution in [0.15, 0.2) is 24.3 Å². The molecule has 0 amide bonds. The first kappa shape index (κ1) is 19.5. The molecule has 20 heavy (non-hydrogen) atoms. The molecule has 0 spiro atoms. The summed E-state index contributed by atoms with van der Waals surface area (Å²) in [5.41, 5.74) is 0. The first-order chi connectivity index (χ1) is 9.13. The van der Waals surface area contributed by atoms with Crippen molar-refractivity contribution in [2.24, 2.45) is 0 Å². The molecule has 0 saturated heterocycles. The summed E-state index contributed by atoms with van der Waals surface area (Å²) in [4.78, 5) is 10.9. The summed E-state index contributed by atoms with van der Waals surface area (Å²) < 4.78 is 6.74. The lowest BCUT2D eigenvalue weighted by Crippen LogP contribution is -2.37. The number of hydrogen-bond donors (Lipinski definition) is 2. The number of rotatable bonds is 9. The second-order valence-electron chi connectivity index (χ2n) is 4.29. The summed E-state index contributed by atoms with van der Waals surface area (Å²) in [7, 11) is 0. The Kier molecular flexibility index (Phi) is 10.9. The minimum Gasteiger partial charge on any atom is -0.494 e. The van der Waals surface area contributed by atoms with Gasteiger partial charge in [0.1, 0.15) is 11.8 Å². The lowest BCUT2D eigenvalue weighted by Gasteiger charge is -2.13. The maximum atomic E-state index is 10.9. The molecule has 1 unspecified atom stereocenters. The number of hydrogen-bond acceptors (Lipinski definition) is 3. The van der Waals surface area contributed by atoms with Gasteiger partial charge >= 0.3 is 5.97 Å². The molecule has 0 bridgehead atoms. The van der Waals surface area contributed by atoms with E-state index >= 15 is 0 Å². The van der Waals surface area contributed by atoms with Crippen molar-refractivity contribution >= 4 is 41.0 Å². The third-order valence-corrected chi connectivity index (χ3v) is 3.32. The Morgan fingerprint density at radius 1 is 1.50 bits per heavy atom. The molecular formula is C14H21ClINO3. The van der Waals surface area contributed by atoms with E-state index in [2.05, 4.69) is 27.9 Å². The van der Waals surface area contributed by atoms with Crippen molar-refractivity contribution in [3.63, 3.8) is 0 Å². The highest BCUT2D eigenvalue weighted by Gasteiger charge is 2.14. The van der Waals surface area contributed by atoms with Crippen molar-refractivity contribution in [3.8, 4) is 5.75 Å². The Hall–Kier alpha value is -0.530. The van der Waals surface area contributed by atoms with Crippen LogP contribution in [0.4, 0.5) is 0 Å². The Labute approximate surface area is 139 Å². The fourth-order valence-electron chi connectivity index (χ4n) is 1.70. The summed E-state index contributed by atoms with van der Waals surface area (Å²) in [6.07, 6.45) is 2.31. The molecule has 1 atom stereocenters. The maximum Gasteiger partial charge on any atom is 0.320 e. The highest BCUT2D eigenvalue weighted by molar-refractivity contribution is 14.1. The first-order valence-corrected chi connectivity index (χ1v) is 7.56. The van der Waals surface area contributed by atoms with Crippen LogP contribution < -0.4 is 10.1 Å². The van der Waals surface area contributed by atoms with E-state index < -0.39 is 12.0 Å². The van der Waals surface area contributed by atoms with Gasteiger partial charge in [-0.1, -0.05) is 19.4 Å². The average Bonchev–Trinajstić information content (AvgIpc) is 2.37. The number of aliphatic carboxylic acids is 1. The summed E-state index contributed by atoms with van der Waals surface area (Å²) in [5, 5.41) is 12.0. The Balaban J connectivity index is 0.00000361. The van der Waals surface area contributed by atoms with Crippen molar-refractivity contribution in [1.29, 1.82) is 0 Å². The number of carbonyl (C=O) groups is 1. The van der Waals surface area contributed by atoms with Crippen molar-refractivity contribution in [2.45, 2.75) is 32.2 Å². The van der Waals surface area contributed by atoms with Gasteiger partial charge in [0, 0.05) is 3.57 Å². The second kappa shape index (κ2) is 11.2. The van der Waals surface area contributed by atoms with Crippen LogP contribution in [0.5, 0.6) is 5.75 Å². The molecular weight excluding hydrogens is 393 g/mol. The molecule has 6 heteroatoms. The lowest BCUT2D eigenvalue weighted by molar-refractivity contribution is -0.139. The van der Waals surface area contributed by atoms with Gasteiger partial charge in [-0.15, -0.1) is 12.4 Å². The third-order valence-electron chi connectivity index (χ3n) is 2.65. The minimum absolute atomic E-state index is 0. The molecule has 114 valence electrons. The molecule has 0 saturated carbocycles. The molecule has 1 rings (SSSR count). The largest absolute Gasteiger partial charge is 0.494 e. The smallest absolute Gasteiger partial charge is 0.320 e. The van der Waals surface area contributed by atoms with Gasteiger partial charge in [0.25, 0.3) is 0 Å². The van der Waals surface area contributed by atoms with Crippen molar-refractivity contribution < 1.29 is 14.6 Å². The highest BCUT2D eigenvalue weighted by Crippen LogP contribution is 2.14. The van der Waals surface area contributed by atoms with E-state index in [0.29, 0.717) is 19.6 Å². The Morgan fingerprint density at radius 2 is 2.25 bits per heavy atom. The molecule has 4 nitrogen and oxygen atoms in total. The summed E-state index contributed by atoms with van der Waals surface area (Å²) in [5.74, 6) is 0.0793. The molecule has 1 aromatic carbocycles. The molecule has 0 aromatic heterocycles. The number of halogens is 2. The standard InChI is InChI=1S/C14H20INO3.ClH/c1-2-5-13(14(17)18)16-8-4-9-19-12-7-3-6-11(15)10-12;/h3,6-7,10,13,16H,2,4-5,8-9H2,1H3,(H,17,18);1H. The molecule has 0 fully saturated rings. The van der Waals surface area contributed by atoms with E-state index in [1.807, 2.05) is 31.2 Å². The molecule has 2 N–H and O–H groups in total. The van der Waals surface area contributed by atoms with Gasteiger partial charge in [-0.25, -0.2) is 0 Å². The van der Waals surface area contributed by atoms with Gasteiger partial charge in [-0.05, 0) is 60.2 Å². The van der Waals surface area contributed by atoms with E-state index in [1.54, 1.807) is 0 Å². The zero-order chi connectivity index (χ0) is 14.1. The second-order valence-corrected chi connectivity index (χ2v) is 5.54. The van der Waals surface area contributed by atoms with Gasteiger partial charge in [0.15, 0.2) is 0 Å². The zero-order valence-corrected chi connectivity index (χ0v) is 14.4. The normalized spacial score (nSPS) is 11.5. The Morgan fingerprint density at radius 3 is 2.85 bits per heavy atom. The number of ether oxygens (including phenoxy) is 1. The van der Waals surface area contributed by atoms with Gasteiger partial charge in [-0.2, -0.15) is 0 Å². The van der Waals surface area contributed by atoms with E-state index in [9.17, 15) is 4.79 Å². The van der Waals surface area contributed by atoms with E-state index in [1.165, 1.54) is 0 Å². The monoisotopic (exact) mass is 413 g/mol. The average molecular weight is 414 g/mol. The Bertz CT molecular complexity index is 404. The van der Waals surface area contributed by atoms with Crippen molar-refractivity contribution in [3.05, 3.63) is 27.8 Å². The van der Waals surface area contributed by atoms with Crippen LogP contribution in [-0.2, 0) is 4.79 Å². The van der Waals surface area contributed by atoms with Crippen LogP contribution in [0.3, 0.4) is 0 Å².